The topological polar surface area (TPSA) is 80.9 Å². The maximum absolute atomic E-state index is 6.00. The van der Waals surface area contributed by atoms with Crippen LogP contribution < -0.4 is 0 Å². The monoisotopic (exact) mass is 322 g/mol. The van der Waals surface area contributed by atoms with Crippen molar-refractivity contribution in [3.05, 3.63) is 71.8 Å². The van der Waals surface area contributed by atoms with Gasteiger partial charge in [-0.1, -0.05) is 88.4 Å². The lowest BCUT2D eigenvalue weighted by Crippen LogP contribution is -1.88. The standard InChI is InChI=1S/C10H14.C9H12.2H2O2/c1-3-9(2)10-7-5-4-6-8-10;1-8(2)9-6-4-3-5-7-9;2*1-2/h4-9H,3H2,1-2H3;3-8H,1-2H3;2*1-2H. The number of benzene rings is 2. The largest absolute Gasteiger partial charge is 0.255 e. The van der Waals surface area contributed by atoms with Crippen molar-refractivity contribution in [3.63, 3.8) is 0 Å². The average molecular weight is 322 g/mol. The Kier molecular flexibility index (Phi) is 17.0. The summed E-state index contributed by atoms with van der Waals surface area (Å²) >= 11 is 0. The first-order valence-corrected chi connectivity index (χ1v) is 7.65. The van der Waals surface area contributed by atoms with Gasteiger partial charge in [-0.25, -0.2) is 0 Å². The number of hydrogen-bond donors (Lipinski definition) is 4. The Labute approximate surface area is 139 Å². The van der Waals surface area contributed by atoms with Gasteiger partial charge in [0.1, 0.15) is 0 Å². The Morgan fingerprint density at radius 1 is 0.652 bits per heavy atom. The van der Waals surface area contributed by atoms with Gasteiger partial charge in [0.2, 0.25) is 0 Å². The second-order valence-corrected chi connectivity index (χ2v) is 5.29. The third-order valence-corrected chi connectivity index (χ3v) is 3.45. The maximum Gasteiger partial charge on any atom is -0.0193 e. The lowest BCUT2D eigenvalue weighted by atomic mass is 9.99. The molecule has 0 amide bonds. The summed E-state index contributed by atoms with van der Waals surface area (Å²) in [7, 11) is 0. The zero-order chi connectivity index (χ0) is 18.1. The van der Waals surface area contributed by atoms with Gasteiger partial charge < -0.3 is 0 Å². The molecule has 0 saturated heterocycles. The highest BCUT2D eigenvalue weighted by Crippen LogP contribution is 2.16. The van der Waals surface area contributed by atoms with E-state index in [0.717, 1.165) is 0 Å². The molecule has 0 aliphatic rings. The Balaban J connectivity index is 0. The highest BCUT2D eigenvalue weighted by molar-refractivity contribution is 5.18. The van der Waals surface area contributed by atoms with Crippen LogP contribution in [0.4, 0.5) is 0 Å². The van der Waals surface area contributed by atoms with Crippen molar-refractivity contribution in [3.8, 4) is 0 Å². The first-order chi connectivity index (χ1) is 11.1. The van der Waals surface area contributed by atoms with Gasteiger partial charge in [-0.2, -0.15) is 0 Å². The second kappa shape index (κ2) is 16.6. The Morgan fingerprint density at radius 3 is 1.26 bits per heavy atom. The van der Waals surface area contributed by atoms with E-state index in [1.807, 2.05) is 6.07 Å². The van der Waals surface area contributed by atoms with E-state index in [1.54, 1.807) is 0 Å². The van der Waals surface area contributed by atoms with E-state index >= 15 is 0 Å². The predicted octanol–water partition coefficient (Wildman–Crippen LogP) is 6.04. The fraction of sp³-hybridized carbons (Fsp3) is 0.368. The van der Waals surface area contributed by atoms with Gasteiger partial charge in [0.15, 0.2) is 0 Å². The van der Waals surface area contributed by atoms with Crippen LogP contribution in [0.15, 0.2) is 60.7 Å². The van der Waals surface area contributed by atoms with Gasteiger partial charge in [0.05, 0.1) is 0 Å². The fourth-order valence-electron chi connectivity index (χ4n) is 1.86. The quantitative estimate of drug-likeness (QED) is 0.410. The molecule has 4 N–H and O–H groups in total. The van der Waals surface area contributed by atoms with E-state index in [4.69, 9.17) is 21.0 Å². The van der Waals surface area contributed by atoms with E-state index in [1.165, 1.54) is 17.5 Å². The van der Waals surface area contributed by atoms with Crippen molar-refractivity contribution in [1.29, 1.82) is 0 Å². The molecule has 0 aromatic heterocycles. The molecule has 130 valence electrons. The van der Waals surface area contributed by atoms with Crippen LogP contribution in [0.25, 0.3) is 0 Å². The summed E-state index contributed by atoms with van der Waals surface area (Å²) < 4.78 is 0. The van der Waals surface area contributed by atoms with Crippen molar-refractivity contribution >= 4 is 0 Å². The van der Waals surface area contributed by atoms with Crippen molar-refractivity contribution < 1.29 is 21.0 Å². The van der Waals surface area contributed by atoms with Crippen molar-refractivity contribution in [1.82, 2.24) is 0 Å². The third-order valence-electron chi connectivity index (χ3n) is 3.45. The number of rotatable bonds is 3. The highest BCUT2D eigenvalue weighted by Gasteiger charge is 1.98. The lowest BCUT2D eigenvalue weighted by Gasteiger charge is -2.06. The van der Waals surface area contributed by atoms with Gasteiger partial charge in [0.25, 0.3) is 0 Å². The summed E-state index contributed by atoms with van der Waals surface area (Å²) in [5, 5.41) is 24.0. The molecule has 2 aromatic carbocycles. The summed E-state index contributed by atoms with van der Waals surface area (Å²) in [5.41, 5.74) is 2.86. The van der Waals surface area contributed by atoms with Crippen LogP contribution in [0.2, 0.25) is 0 Å². The minimum atomic E-state index is 0.659. The summed E-state index contributed by atoms with van der Waals surface area (Å²) in [6, 6.07) is 21.2. The normalized spacial score (nSPS) is 10.1. The van der Waals surface area contributed by atoms with E-state index in [9.17, 15) is 0 Å². The number of hydrogen-bond acceptors (Lipinski definition) is 4. The molecule has 0 fully saturated rings. The Morgan fingerprint density at radius 2 is 1.00 bits per heavy atom. The Hall–Kier alpha value is -1.72. The third kappa shape index (κ3) is 11.5. The molecule has 0 aliphatic heterocycles. The molecular weight excluding hydrogens is 292 g/mol. The summed E-state index contributed by atoms with van der Waals surface area (Å²) in [4.78, 5) is 0. The smallest absolute Gasteiger partial charge is 0.0193 e. The molecule has 1 atom stereocenters. The van der Waals surface area contributed by atoms with Crippen LogP contribution in [0, 0.1) is 0 Å². The van der Waals surface area contributed by atoms with Crippen molar-refractivity contribution in [2.75, 3.05) is 0 Å². The molecule has 4 nitrogen and oxygen atoms in total. The van der Waals surface area contributed by atoms with Crippen LogP contribution in [0.3, 0.4) is 0 Å². The van der Waals surface area contributed by atoms with Gasteiger partial charge in [-0.3, -0.25) is 21.0 Å². The van der Waals surface area contributed by atoms with Gasteiger partial charge in [-0.05, 0) is 29.4 Å². The molecule has 0 heterocycles. The summed E-state index contributed by atoms with van der Waals surface area (Å²) in [5.74, 6) is 1.37. The zero-order valence-corrected chi connectivity index (χ0v) is 14.4. The molecule has 2 rings (SSSR count). The van der Waals surface area contributed by atoms with Gasteiger partial charge in [0, 0.05) is 0 Å². The van der Waals surface area contributed by atoms with Crippen LogP contribution in [0.5, 0.6) is 0 Å². The summed E-state index contributed by atoms with van der Waals surface area (Å²) in [6.45, 7) is 8.89. The van der Waals surface area contributed by atoms with E-state index in [-0.39, 0.29) is 0 Å². The van der Waals surface area contributed by atoms with E-state index < -0.39 is 0 Å². The van der Waals surface area contributed by atoms with E-state index in [2.05, 4.69) is 82.3 Å². The average Bonchev–Trinajstić information content (AvgIpc) is 2.66. The van der Waals surface area contributed by atoms with Crippen LogP contribution >= 0.6 is 0 Å². The van der Waals surface area contributed by atoms with E-state index in [0.29, 0.717) is 11.8 Å². The maximum atomic E-state index is 6.00. The highest BCUT2D eigenvalue weighted by atomic mass is 17.0. The van der Waals surface area contributed by atoms with Crippen LogP contribution in [0.1, 0.15) is 57.1 Å². The lowest BCUT2D eigenvalue weighted by molar-refractivity contribution is -0.176. The summed E-state index contributed by atoms with van der Waals surface area (Å²) in [6.07, 6.45) is 1.23. The molecular formula is C19H30O4. The van der Waals surface area contributed by atoms with Crippen molar-refractivity contribution in [2.45, 2.75) is 46.0 Å². The molecule has 0 bridgehead atoms. The molecule has 4 heteroatoms. The fourth-order valence-corrected chi connectivity index (χ4v) is 1.86. The van der Waals surface area contributed by atoms with Crippen LogP contribution in [-0.4, -0.2) is 21.0 Å². The molecule has 0 aliphatic carbocycles. The molecule has 0 radical (unpaired) electrons. The molecule has 0 spiro atoms. The van der Waals surface area contributed by atoms with Gasteiger partial charge in [-0.15, -0.1) is 0 Å². The molecule has 23 heavy (non-hydrogen) atoms. The SMILES string of the molecule is CC(C)c1ccccc1.CCC(C)c1ccccc1.OO.OO. The second-order valence-electron chi connectivity index (χ2n) is 5.29. The Bertz CT molecular complexity index is 443. The molecule has 2 aromatic rings. The first kappa shape index (κ1) is 23.5. The molecule has 1 unspecified atom stereocenters. The van der Waals surface area contributed by atoms with Crippen LogP contribution in [-0.2, 0) is 0 Å². The predicted molar refractivity (Wildman–Crippen MR) is 96.2 cm³/mol. The minimum absolute atomic E-state index is 0.659. The van der Waals surface area contributed by atoms with Crippen molar-refractivity contribution in [2.24, 2.45) is 0 Å². The first-order valence-electron chi connectivity index (χ1n) is 7.65. The minimum Gasteiger partial charge on any atom is -0.255 e. The molecule has 0 saturated carbocycles. The zero-order valence-electron chi connectivity index (χ0n) is 14.4. The van der Waals surface area contributed by atoms with Gasteiger partial charge >= 0.3 is 0 Å².